The van der Waals surface area contributed by atoms with Gasteiger partial charge < -0.3 is 19.9 Å². The van der Waals surface area contributed by atoms with Gasteiger partial charge in [-0.15, -0.1) is 0 Å². The minimum absolute atomic E-state index is 0.0217. The van der Waals surface area contributed by atoms with Crippen molar-refractivity contribution in [2.45, 2.75) is 19.1 Å². The number of halogens is 1. The third kappa shape index (κ3) is 2.82. The molecular weight excluding hydrogens is 329 g/mol. The van der Waals surface area contributed by atoms with Crippen LogP contribution in [0.1, 0.15) is 19.1 Å². The maximum absolute atomic E-state index is 14.0. The molecule has 8 nitrogen and oxygen atoms in total. The lowest BCUT2D eigenvalue weighted by Gasteiger charge is -2.12. The normalized spacial score (nSPS) is 17.1. The summed E-state index contributed by atoms with van der Waals surface area (Å²) in [7, 11) is 1.52. The van der Waals surface area contributed by atoms with Gasteiger partial charge in [0.25, 0.3) is 0 Å². The number of methoxy groups -OCH3 is 1. The minimum atomic E-state index is -0.892. The maximum atomic E-state index is 14.0. The van der Waals surface area contributed by atoms with Crippen LogP contribution in [0.2, 0.25) is 0 Å². The Hall–Kier alpha value is -2.94. The lowest BCUT2D eigenvalue weighted by atomic mass is 10.2. The van der Waals surface area contributed by atoms with Crippen LogP contribution in [0.15, 0.2) is 24.5 Å². The number of anilines is 2. The van der Waals surface area contributed by atoms with E-state index in [2.05, 4.69) is 20.3 Å². The van der Waals surface area contributed by atoms with E-state index in [1.807, 2.05) is 0 Å². The standard InChI is InChI=1S/C16H16FN5O3/c1-24-9-4-5-11(23)10(7-9)19-14-13-15(21-16(17)20-14)22(8-18-13)12-3-2-6-25-12/h4-5,7-8,12,23H,2-3,6H2,1H3,(H,19,20,21). The fourth-order valence-electron chi connectivity index (χ4n) is 2.84. The largest absolute Gasteiger partial charge is 0.506 e. The van der Waals surface area contributed by atoms with E-state index in [-0.39, 0.29) is 17.8 Å². The zero-order valence-corrected chi connectivity index (χ0v) is 13.4. The first kappa shape index (κ1) is 15.6. The van der Waals surface area contributed by atoms with Crippen molar-refractivity contribution in [2.24, 2.45) is 0 Å². The molecule has 2 N–H and O–H groups in total. The van der Waals surface area contributed by atoms with E-state index in [0.717, 1.165) is 12.8 Å². The van der Waals surface area contributed by atoms with E-state index in [1.54, 1.807) is 23.0 Å². The lowest BCUT2D eigenvalue weighted by molar-refractivity contribution is 0.0592. The summed E-state index contributed by atoms with van der Waals surface area (Å²) in [5.41, 5.74) is 1.05. The summed E-state index contributed by atoms with van der Waals surface area (Å²) in [6.45, 7) is 0.653. The lowest BCUT2D eigenvalue weighted by Crippen LogP contribution is -2.08. The molecular formula is C16H16FN5O3. The molecule has 1 saturated heterocycles. The molecule has 0 radical (unpaired) electrons. The fourth-order valence-corrected chi connectivity index (χ4v) is 2.84. The minimum Gasteiger partial charge on any atom is -0.506 e. The number of phenols is 1. The van der Waals surface area contributed by atoms with E-state index < -0.39 is 6.08 Å². The van der Waals surface area contributed by atoms with Crippen molar-refractivity contribution in [3.05, 3.63) is 30.6 Å². The Labute approximate surface area is 142 Å². The van der Waals surface area contributed by atoms with Crippen molar-refractivity contribution in [1.82, 2.24) is 19.5 Å². The topological polar surface area (TPSA) is 94.3 Å². The van der Waals surface area contributed by atoms with Crippen LogP contribution < -0.4 is 10.1 Å². The first-order chi connectivity index (χ1) is 12.2. The van der Waals surface area contributed by atoms with Gasteiger partial charge in [0.1, 0.15) is 17.7 Å². The van der Waals surface area contributed by atoms with Crippen LogP contribution in [0.3, 0.4) is 0 Å². The van der Waals surface area contributed by atoms with Crippen molar-refractivity contribution in [2.75, 3.05) is 19.0 Å². The number of benzene rings is 1. The molecule has 9 heteroatoms. The molecule has 0 saturated carbocycles. The van der Waals surface area contributed by atoms with Gasteiger partial charge in [0, 0.05) is 12.7 Å². The van der Waals surface area contributed by atoms with Crippen LogP contribution in [0.25, 0.3) is 11.2 Å². The summed E-state index contributed by atoms with van der Waals surface area (Å²) in [6.07, 6.45) is 2.21. The van der Waals surface area contributed by atoms with Gasteiger partial charge in [0.05, 0.1) is 19.1 Å². The molecule has 1 unspecified atom stereocenters. The van der Waals surface area contributed by atoms with Crippen LogP contribution in [-0.2, 0) is 4.74 Å². The van der Waals surface area contributed by atoms with Crippen LogP contribution in [-0.4, -0.2) is 38.3 Å². The third-order valence-electron chi connectivity index (χ3n) is 4.07. The highest BCUT2D eigenvalue weighted by Crippen LogP contribution is 2.33. The summed E-state index contributed by atoms with van der Waals surface area (Å²) in [6, 6.07) is 4.67. The number of ether oxygens (including phenoxy) is 2. The molecule has 1 aliphatic rings. The van der Waals surface area contributed by atoms with Gasteiger partial charge in [-0.25, -0.2) is 4.98 Å². The van der Waals surface area contributed by atoms with Crippen LogP contribution in [0.5, 0.6) is 11.5 Å². The molecule has 1 fully saturated rings. The predicted molar refractivity (Wildman–Crippen MR) is 87.4 cm³/mol. The van der Waals surface area contributed by atoms with E-state index in [1.165, 1.54) is 13.2 Å². The second-order valence-corrected chi connectivity index (χ2v) is 5.64. The molecule has 1 aliphatic heterocycles. The summed E-state index contributed by atoms with van der Waals surface area (Å²) in [5.74, 6) is 0.672. The maximum Gasteiger partial charge on any atom is 0.312 e. The molecule has 2 aromatic heterocycles. The average Bonchev–Trinajstić information content (AvgIpc) is 3.25. The Morgan fingerprint density at radius 2 is 2.28 bits per heavy atom. The first-order valence-corrected chi connectivity index (χ1v) is 7.81. The summed E-state index contributed by atoms with van der Waals surface area (Å²) >= 11 is 0. The number of rotatable bonds is 4. The van der Waals surface area contributed by atoms with E-state index >= 15 is 0 Å². The van der Waals surface area contributed by atoms with E-state index in [4.69, 9.17) is 9.47 Å². The number of phenolic OH excluding ortho intramolecular Hbond substituents is 1. The van der Waals surface area contributed by atoms with Crippen molar-refractivity contribution in [3.63, 3.8) is 0 Å². The molecule has 1 atom stereocenters. The summed E-state index contributed by atoms with van der Waals surface area (Å²) in [4.78, 5) is 11.9. The Morgan fingerprint density at radius 1 is 1.40 bits per heavy atom. The molecule has 0 aliphatic carbocycles. The molecule has 0 bridgehead atoms. The quantitative estimate of drug-likeness (QED) is 0.554. The molecule has 25 heavy (non-hydrogen) atoms. The Morgan fingerprint density at radius 3 is 3.04 bits per heavy atom. The number of hydrogen-bond acceptors (Lipinski definition) is 7. The van der Waals surface area contributed by atoms with Crippen LogP contribution in [0, 0.1) is 6.08 Å². The number of aromatic hydroxyl groups is 1. The first-order valence-electron chi connectivity index (χ1n) is 7.81. The molecule has 4 rings (SSSR count). The highest BCUT2D eigenvalue weighted by atomic mass is 19.1. The second kappa shape index (κ2) is 6.17. The van der Waals surface area contributed by atoms with E-state index in [0.29, 0.717) is 29.2 Å². The van der Waals surface area contributed by atoms with Crippen LogP contribution >= 0.6 is 0 Å². The molecule has 3 aromatic rings. The summed E-state index contributed by atoms with van der Waals surface area (Å²) in [5, 5.41) is 12.9. The average molecular weight is 345 g/mol. The highest BCUT2D eigenvalue weighted by Gasteiger charge is 2.22. The fraction of sp³-hybridized carbons (Fsp3) is 0.312. The third-order valence-corrected chi connectivity index (χ3v) is 4.07. The molecule has 0 spiro atoms. The molecule has 1 aromatic carbocycles. The van der Waals surface area contributed by atoms with Crippen molar-refractivity contribution in [1.29, 1.82) is 0 Å². The van der Waals surface area contributed by atoms with Gasteiger partial charge in [-0.3, -0.25) is 4.57 Å². The van der Waals surface area contributed by atoms with Gasteiger partial charge in [0.2, 0.25) is 0 Å². The zero-order valence-electron chi connectivity index (χ0n) is 13.4. The highest BCUT2D eigenvalue weighted by molar-refractivity contribution is 5.86. The SMILES string of the molecule is COc1ccc(O)c(Nc2nc(F)nc3c2ncn3C2CCCO2)c1. The second-order valence-electron chi connectivity index (χ2n) is 5.64. The smallest absolute Gasteiger partial charge is 0.312 e. The number of nitrogens with zero attached hydrogens (tertiary/aromatic N) is 4. The summed E-state index contributed by atoms with van der Waals surface area (Å²) < 4.78 is 26.4. The number of nitrogens with one attached hydrogen (secondary N) is 1. The van der Waals surface area contributed by atoms with Crippen molar-refractivity contribution in [3.8, 4) is 11.5 Å². The molecule has 3 heterocycles. The number of aromatic nitrogens is 4. The van der Waals surface area contributed by atoms with Gasteiger partial charge in [-0.2, -0.15) is 14.4 Å². The Balaban J connectivity index is 1.77. The van der Waals surface area contributed by atoms with Gasteiger partial charge in [-0.05, 0) is 25.0 Å². The van der Waals surface area contributed by atoms with Gasteiger partial charge in [0.15, 0.2) is 17.0 Å². The predicted octanol–water partition coefficient (Wildman–Crippen LogP) is 2.73. The van der Waals surface area contributed by atoms with Gasteiger partial charge >= 0.3 is 6.08 Å². The Bertz CT molecular complexity index is 924. The van der Waals surface area contributed by atoms with Crippen molar-refractivity contribution >= 4 is 22.7 Å². The number of imidazole rings is 1. The van der Waals surface area contributed by atoms with Crippen LogP contribution in [0.4, 0.5) is 15.9 Å². The Kier molecular flexibility index (Phi) is 3.85. The molecule has 130 valence electrons. The molecule has 0 amide bonds. The van der Waals surface area contributed by atoms with E-state index in [9.17, 15) is 9.50 Å². The monoisotopic (exact) mass is 345 g/mol. The van der Waals surface area contributed by atoms with Gasteiger partial charge in [-0.1, -0.05) is 0 Å². The van der Waals surface area contributed by atoms with Crippen molar-refractivity contribution < 1.29 is 19.0 Å². The number of fused-ring (bicyclic) bond motifs is 1. The zero-order chi connectivity index (χ0) is 17.4. The number of hydrogen-bond donors (Lipinski definition) is 2.